The van der Waals surface area contributed by atoms with E-state index in [0.29, 0.717) is 11.8 Å². The first-order valence-corrected chi connectivity index (χ1v) is 8.62. The van der Waals surface area contributed by atoms with Gasteiger partial charge in [-0.25, -0.2) is 0 Å². The van der Waals surface area contributed by atoms with Crippen LogP contribution < -0.4 is 0 Å². The van der Waals surface area contributed by atoms with E-state index in [-0.39, 0.29) is 0 Å². The Morgan fingerprint density at radius 1 is 0.826 bits per heavy atom. The highest BCUT2D eigenvalue weighted by atomic mass is 15.1. The van der Waals surface area contributed by atoms with Gasteiger partial charge in [0.25, 0.3) is 0 Å². The molecule has 1 atom stereocenters. The topological polar surface area (TPSA) is 25.8 Å². The zero-order valence-corrected chi connectivity index (χ0v) is 15.9. The summed E-state index contributed by atoms with van der Waals surface area (Å²) >= 11 is 0. The van der Waals surface area contributed by atoms with Crippen LogP contribution in [0.5, 0.6) is 0 Å². The van der Waals surface area contributed by atoms with Crippen LogP contribution in [-0.4, -0.2) is 10.2 Å². The lowest BCUT2D eigenvalue weighted by Gasteiger charge is -2.20. The summed E-state index contributed by atoms with van der Waals surface area (Å²) in [5.74, 6) is 0.877. The van der Waals surface area contributed by atoms with Crippen LogP contribution in [0.25, 0.3) is 0 Å². The molecule has 0 aliphatic heterocycles. The van der Waals surface area contributed by atoms with E-state index in [2.05, 4.69) is 77.7 Å². The van der Waals surface area contributed by atoms with Gasteiger partial charge >= 0.3 is 0 Å². The van der Waals surface area contributed by atoms with Crippen molar-refractivity contribution < 1.29 is 0 Å². The fourth-order valence-electron chi connectivity index (χ4n) is 3.78. The Morgan fingerprint density at radius 3 is 1.91 bits per heavy atom. The molecule has 0 aliphatic carbocycles. The van der Waals surface area contributed by atoms with Gasteiger partial charge in [0.15, 0.2) is 0 Å². The van der Waals surface area contributed by atoms with Crippen LogP contribution in [0.4, 0.5) is 0 Å². The molecule has 0 fully saturated rings. The Bertz CT molecular complexity index is 691. The summed E-state index contributed by atoms with van der Waals surface area (Å²) in [6, 6.07) is 4.56. The van der Waals surface area contributed by atoms with Crippen LogP contribution in [0.3, 0.4) is 0 Å². The molecule has 0 saturated heterocycles. The fourth-order valence-corrected chi connectivity index (χ4v) is 3.78. The molecule has 1 aromatic heterocycles. The Kier molecular flexibility index (Phi) is 5.23. The molecule has 0 radical (unpaired) electrons. The molecular formula is C21H30N2. The Morgan fingerprint density at radius 2 is 1.39 bits per heavy atom. The normalized spacial score (nSPS) is 12.7. The maximum Gasteiger partial charge on any atom is 0.0688 e. The predicted octanol–water partition coefficient (Wildman–Crippen LogP) is 5.49. The minimum Gasteiger partial charge on any atom is -0.155 e. The van der Waals surface area contributed by atoms with Crippen molar-refractivity contribution in [3.8, 4) is 0 Å². The van der Waals surface area contributed by atoms with Gasteiger partial charge in [-0.15, -0.1) is 0 Å². The minimum absolute atomic E-state index is 0.425. The van der Waals surface area contributed by atoms with E-state index in [1.807, 2.05) is 0 Å². The third kappa shape index (κ3) is 3.63. The first-order valence-electron chi connectivity index (χ1n) is 8.62. The largest absolute Gasteiger partial charge is 0.155 e. The molecule has 1 aromatic carbocycles. The van der Waals surface area contributed by atoms with Crippen molar-refractivity contribution in [3.63, 3.8) is 0 Å². The quantitative estimate of drug-likeness (QED) is 0.746. The van der Waals surface area contributed by atoms with Gasteiger partial charge in [-0.05, 0) is 80.7 Å². The summed E-state index contributed by atoms with van der Waals surface area (Å²) < 4.78 is 0. The van der Waals surface area contributed by atoms with Gasteiger partial charge in [-0.1, -0.05) is 38.5 Å². The summed E-state index contributed by atoms with van der Waals surface area (Å²) in [7, 11) is 0. The summed E-state index contributed by atoms with van der Waals surface area (Å²) in [4.78, 5) is 0. The average Bonchev–Trinajstić information content (AvgIpc) is 2.42. The van der Waals surface area contributed by atoms with Crippen LogP contribution >= 0.6 is 0 Å². The lowest BCUT2D eigenvalue weighted by molar-refractivity contribution is 0.688. The zero-order valence-electron chi connectivity index (χ0n) is 15.9. The smallest absolute Gasteiger partial charge is 0.0688 e. The van der Waals surface area contributed by atoms with E-state index in [0.717, 1.165) is 17.8 Å². The van der Waals surface area contributed by atoms with Crippen LogP contribution in [0.1, 0.15) is 77.4 Å². The second-order valence-corrected chi connectivity index (χ2v) is 7.35. The maximum absolute atomic E-state index is 4.55. The number of rotatable bonds is 4. The number of hydrogen-bond donors (Lipinski definition) is 0. The second-order valence-electron chi connectivity index (χ2n) is 7.35. The summed E-state index contributed by atoms with van der Waals surface area (Å²) in [6.45, 7) is 17.6. The number of aryl methyl sites for hydroxylation is 3. The highest BCUT2D eigenvalue weighted by Crippen LogP contribution is 2.29. The van der Waals surface area contributed by atoms with E-state index < -0.39 is 0 Å². The standard InChI is InChI=1S/C21H30N2/c1-12(2)21-18(8)17(7)19(22-23-21)11-16(6)20-14(4)9-13(3)10-15(20)5/h9-10,12,16H,11H2,1-8H3/t16-/m0/s1. The molecule has 0 saturated carbocycles. The predicted molar refractivity (Wildman–Crippen MR) is 98.4 cm³/mol. The molecule has 2 rings (SSSR count). The SMILES string of the molecule is Cc1cc(C)c([C@@H](C)Cc2nnc(C(C)C)c(C)c2C)c(C)c1. The van der Waals surface area contributed by atoms with Crippen molar-refractivity contribution >= 4 is 0 Å². The van der Waals surface area contributed by atoms with E-state index >= 15 is 0 Å². The third-order valence-electron chi connectivity index (χ3n) is 4.94. The number of nitrogens with zero attached hydrogens (tertiary/aromatic N) is 2. The molecule has 2 heteroatoms. The minimum atomic E-state index is 0.425. The van der Waals surface area contributed by atoms with Gasteiger partial charge in [0.05, 0.1) is 11.4 Å². The van der Waals surface area contributed by atoms with Crippen molar-refractivity contribution in [2.24, 2.45) is 0 Å². The number of hydrogen-bond acceptors (Lipinski definition) is 2. The molecule has 23 heavy (non-hydrogen) atoms. The van der Waals surface area contributed by atoms with Crippen LogP contribution in [0, 0.1) is 34.6 Å². The molecule has 0 aliphatic rings. The lowest BCUT2D eigenvalue weighted by atomic mass is 9.86. The number of benzene rings is 1. The third-order valence-corrected chi connectivity index (χ3v) is 4.94. The first-order chi connectivity index (χ1) is 10.7. The van der Waals surface area contributed by atoms with Crippen LogP contribution in [0.2, 0.25) is 0 Å². The van der Waals surface area contributed by atoms with Gasteiger partial charge in [0.2, 0.25) is 0 Å². The van der Waals surface area contributed by atoms with Crippen molar-refractivity contribution in [1.29, 1.82) is 0 Å². The first kappa shape index (κ1) is 17.7. The van der Waals surface area contributed by atoms with E-state index in [9.17, 15) is 0 Å². The lowest BCUT2D eigenvalue weighted by Crippen LogP contribution is -2.11. The Hall–Kier alpha value is -1.70. The zero-order chi connectivity index (χ0) is 17.3. The summed E-state index contributed by atoms with van der Waals surface area (Å²) in [6.07, 6.45) is 0.947. The van der Waals surface area contributed by atoms with Gasteiger partial charge in [0, 0.05) is 0 Å². The van der Waals surface area contributed by atoms with Crippen LogP contribution in [0.15, 0.2) is 12.1 Å². The molecule has 0 N–H and O–H groups in total. The van der Waals surface area contributed by atoms with E-state index in [1.165, 1.54) is 33.4 Å². The summed E-state index contributed by atoms with van der Waals surface area (Å²) in [5.41, 5.74) is 10.4. The highest BCUT2D eigenvalue weighted by molar-refractivity contribution is 5.41. The van der Waals surface area contributed by atoms with E-state index in [1.54, 1.807) is 0 Å². The molecule has 2 nitrogen and oxygen atoms in total. The highest BCUT2D eigenvalue weighted by Gasteiger charge is 2.17. The Balaban J connectivity index is 2.35. The molecule has 0 amide bonds. The molecular weight excluding hydrogens is 280 g/mol. The van der Waals surface area contributed by atoms with Gasteiger partial charge < -0.3 is 0 Å². The van der Waals surface area contributed by atoms with E-state index in [4.69, 9.17) is 0 Å². The maximum atomic E-state index is 4.55. The van der Waals surface area contributed by atoms with Crippen molar-refractivity contribution in [3.05, 3.63) is 56.9 Å². The number of aromatic nitrogens is 2. The van der Waals surface area contributed by atoms with Gasteiger partial charge in [0.1, 0.15) is 0 Å². The van der Waals surface area contributed by atoms with Crippen molar-refractivity contribution in [1.82, 2.24) is 10.2 Å². The monoisotopic (exact) mass is 310 g/mol. The molecule has 1 heterocycles. The van der Waals surface area contributed by atoms with Gasteiger partial charge in [-0.3, -0.25) is 0 Å². The average molecular weight is 310 g/mol. The Labute approximate surface area is 141 Å². The second kappa shape index (κ2) is 6.82. The molecule has 124 valence electrons. The van der Waals surface area contributed by atoms with Crippen molar-refractivity contribution in [2.75, 3.05) is 0 Å². The summed E-state index contributed by atoms with van der Waals surface area (Å²) in [5, 5.41) is 9.05. The molecule has 0 spiro atoms. The van der Waals surface area contributed by atoms with Gasteiger partial charge in [-0.2, -0.15) is 10.2 Å². The fraction of sp³-hybridized carbons (Fsp3) is 0.524. The van der Waals surface area contributed by atoms with Crippen LogP contribution in [-0.2, 0) is 6.42 Å². The van der Waals surface area contributed by atoms with Crippen molar-refractivity contribution in [2.45, 2.75) is 73.6 Å². The molecule has 0 unspecified atom stereocenters. The molecule has 0 bridgehead atoms. The molecule has 2 aromatic rings.